The van der Waals surface area contributed by atoms with Crippen LogP contribution < -0.4 is 5.32 Å². The lowest BCUT2D eigenvalue weighted by molar-refractivity contribution is 0.121. The number of halogens is 1. The number of nitrogens with one attached hydrogen (secondary N) is 1. The highest BCUT2D eigenvalue weighted by Crippen LogP contribution is 2.29. The van der Waals surface area contributed by atoms with Gasteiger partial charge in [0.15, 0.2) is 0 Å². The topological polar surface area (TPSA) is 34.1 Å². The van der Waals surface area contributed by atoms with Crippen molar-refractivity contribution in [1.29, 1.82) is 0 Å². The van der Waals surface area contributed by atoms with Crippen LogP contribution in [0.3, 0.4) is 0 Å². The molecular formula is C14H15ClN2O. The minimum Gasteiger partial charge on any atom is -0.378 e. The Morgan fingerprint density at radius 1 is 1.39 bits per heavy atom. The van der Waals surface area contributed by atoms with Gasteiger partial charge in [-0.25, -0.2) is 0 Å². The Labute approximate surface area is 111 Å². The van der Waals surface area contributed by atoms with Crippen LogP contribution in [0.5, 0.6) is 0 Å². The molecule has 1 fully saturated rings. The first kappa shape index (κ1) is 11.8. The summed E-state index contributed by atoms with van der Waals surface area (Å²) in [7, 11) is 0. The second-order valence-corrected chi connectivity index (χ2v) is 5.02. The first-order chi connectivity index (χ1) is 8.75. The van der Waals surface area contributed by atoms with E-state index in [9.17, 15) is 0 Å². The summed E-state index contributed by atoms with van der Waals surface area (Å²) in [5, 5.41) is 5.23. The van der Waals surface area contributed by atoms with E-state index >= 15 is 0 Å². The summed E-state index contributed by atoms with van der Waals surface area (Å²) in [6, 6.07) is 8.14. The average molecular weight is 263 g/mol. The number of nitrogens with zero attached hydrogens (tertiary/aromatic N) is 1. The van der Waals surface area contributed by atoms with E-state index in [1.807, 2.05) is 24.3 Å². The van der Waals surface area contributed by atoms with E-state index in [1.165, 1.54) is 0 Å². The molecule has 2 heterocycles. The number of hydrogen-bond acceptors (Lipinski definition) is 3. The minimum atomic E-state index is 0.236. The largest absolute Gasteiger partial charge is 0.378 e. The van der Waals surface area contributed by atoms with E-state index in [1.54, 1.807) is 6.20 Å². The maximum atomic E-state index is 6.18. The fourth-order valence-electron chi connectivity index (χ4n) is 2.38. The van der Waals surface area contributed by atoms with Crippen LogP contribution in [-0.4, -0.2) is 23.7 Å². The van der Waals surface area contributed by atoms with Crippen molar-refractivity contribution in [2.75, 3.05) is 11.9 Å². The zero-order chi connectivity index (χ0) is 12.5. The van der Waals surface area contributed by atoms with E-state index in [2.05, 4.69) is 17.2 Å². The van der Waals surface area contributed by atoms with E-state index in [0.717, 1.165) is 34.6 Å². The fourth-order valence-corrected chi connectivity index (χ4v) is 2.59. The number of hydrogen-bond donors (Lipinski definition) is 1. The van der Waals surface area contributed by atoms with Gasteiger partial charge in [-0.1, -0.05) is 11.6 Å². The lowest BCUT2D eigenvalue weighted by Gasteiger charge is -2.18. The highest BCUT2D eigenvalue weighted by atomic mass is 35.5. The van der Waals surface area contributed by atoms with Crippen molar-refractivity contribution in [3.05, 3.63) is 35.5 Å². The van der Waals surface area contributed by atoms with Gasteiger partial charge in [0.05, 0.1) is 28.4 Å². The van der Waals surface area contributed by atoms with E-state index in [-0.39, 0.29) is 6.10 Å². The van der Waals surface area contributed by atoms with E-state index in [0.29, 0.717) is 6.04 Å². The van der Waals surface area contributed by atoms with Crippen molar-refractivity contribution in [3.8, 4) is 0 Å². The summed E-state index contributed by atoms with van der Waals surface area (Å²) in [5.41, 5.74) is 1.95. The molecule has 94 valence electrons. The Morgan fingerprint density at radius 3 is 3.06 bits per heavy atom. The van der Waals surface area contributed by atoms with Crippen molar-refractivity contribution in [3.63, 3.8) is 0 Å². The molecule has 4 heteroatoms. The Balaban J connectivity index is 1.99. The first-order valence-corrected chi connectivity index (χ1v) is 6.55. The van der Waals surface area contributed by atoms with Crippen LogP contribution in [-0.2, 0) is 4.74 Å². The predicted molar refractivity (Wildman–Crippen MR) is 74.2 cm³/mol. The number of pyridine rings is 1. The lowest BCUT2D eigenvalue weighted by Crippen LogP contribution is -2.26. The molecule has 0 saturated carbocycles. The third-order valence-electron chi connectivity index (χ3n) is 3.43. The molecule has 0 radical (unpaired) electrons. The second kappa shape index (κ2) is 4.75. The van der Waals surface area contributed by atoms with Crippen LogP contribution in [0.4, 0.5) is 5.69 Å². The van der Waals surface area contributed by atoms with E-state index < -0.39 is 0 Å². The number of anilines is 1. The van der Waals surface area contributed by atoms with Gasteiger partial charge in [0.25, 0.3) is 0 Å². The fraction of sp³-hybridized carbons (Fsp3) is 0.357. The third kappa shape index (κ3) is 2.04. The molecule has 1 aliphatic rings. The molecule has 0 amide bonds. The summed E-state index contributed by atoms with van der Waals surface area (Å²) in [4.78, 5) is 4.42. The van der Waals surface area contributed by atoms with Crippen molar-refractivity contribution in [2.45, 2.75) is 25.5 Å². The molecule has 2 atom stereocenters. The van der Waals surface area contributed by atoms with Crippen LogP contribution in [0.2, 0.25) is 5.02 Å². The first-order valence-electron chi connectivity index (χ1n) is 6.17. The van der Waals surface area contributed by atoms with Crippen molar-refractivity contribution in [1.82, 2.24) is 4.98 Å². The molecule has 3 rings (SSSR count). The number of rotatable bonds is 2. The summed E-state index contributed by atoms with van der Waals surface area (Å²) in [6.45, 7) is 2.91. The number of aromatic nitrogens is 1. The maximum Gasteiger partial charge on any atom is 0.0948 e. The Bertz CT molecular complexity index is 573. The van der Waals surface area contributed by atoms with Gasteiger partial charge >= 0.3 is 0 Å². The molecular weight excluding hydrogens is 248 g/mol. The zero-order valence-corrected chi connectivity index (χ0v) is 10.9. The minimum absolute atomic E-state index is 0.236. The van der Waals surface area contributed by atoms with Crippen LogP contribution in [0.15, 0.2) is 30.5 Å². The highest BCUT2D eigenvalue weighted by Gasteiger charge is 2.24. The SMILES string of the molecule is CC1OCCC1Nc1ccc(Cl)c2cccnc12. The van der Waals surface area contributed by atoms with Gasteiger partial charge in [-0.15, -0.1) is 0 Å². The molecule has 2 aromatic rings. The molecule has 1 aromatic heterocycles. The third-order valence-corrected chi connectivity index (χ3v) is 3.76. The van der Waals surface area contributed by atoms with Gasteiger partial charge in [-0.05, 0) is 37.6 Å². The molecule has 1 aliphatic heterocycles. The Morgan fingerprint density at radius 2 is 2.28 bits per heavy atom. The van der Waals surface area contributed by atoms with Crippen molar-refractivity contribution >= 4 is 28.2 Å². The lowest BCUT2D eigenvalue weighted by atomic mass is 10.1. The summed E-state index contributed by atoms with van der Waals surface area (Å²) < 4.78 is 5.56. The van der Waals surface area contributed by atoms with E-state index in [4.69, 9.17) is 16.3 Å². The van der Waals surface area contributed by atoms with Gasteiger partial charge in [-0.2, -0.15) is 0 Å². The zero-order valence-electron chi connectivity index (χ0n) is 10.2. The number of ether oxygens (including phenoxy) is 1. The second-order valence-electron chi connectivity index (χ2n) is 4.61. The van der Waals surface area contributed by atoms with Crippen molar-refractivity contribution in [2.24, 2.45) is 0 Å². The standard InChI is InChI=1S/C14H15ClN2O/c1-9-12(6-8-18-9)17-13-5-4-11(15)10-3-2-7-16-14(10)13/h2-5,7,9,12,17H,6,8H2,1H3. The van der Waals surface area contributed by atoms with Gasteiger partial charge in [0.1, 0.15) is 0 Å². The highest BCUT2D eigenvalue weighted by molar-refractivity contribution is 6.35. The molecule has 18 heavy (non-hydrogen) atoms. The summed E-state index contributed by atoms with van der Waals surface area (Å²) in [6.07, 6.45) is 3.05. The summed E-state index contributed by atoms with van der Waals surface area (Å²) in [5.74, 6) is 0. The normalized spacial score (nSPS) is 23.4. The Kier molecular flexibility index (Phi) is 3.10. The molecule has 0 spiro atoms. The average Bonchev–Trinajstić information content (AvgIpc) is 2.79. The molecule has 3 nitrogen and oxygen atoms in total. The monoisotopic (exact) mass is 262 g/mol. The number of benzene rings is 1. The smallest absolute Gasteiger partial charge is 0.0948 e. The van der Waals surface area contributed by atoms with Gasteiger partial charge in [0, 0.05) is 18.2 Å². The van der Waals surface area contributed by atoms with Crippen molar-refractivity contribution < 1.29 is 4.74 Å². The molecule has 1 N–H and O–H groups in total. The Hall–Kier alpha value is -1.32. The molecule has 2 unspecified atom stereocenters. The van der Waals surface area contributed by atoms with Crippen LogP contribution in [0.1, 0.15) is 13.3 Å². The van der Waals surface area contributed by atoms with Gasteiger partial charge in [0.2, 0.25) is 0 Å². The summed E-state index contributed by atoms with van der Waals surface area (Å²) >= 11 is 6.18. The maximum absolute atomic E-state index is 6.18. The van der Waals surface area contributed by atoms with Crippen LogP contribution >= 0.6 is 11.6 Å². The van der Waals surface area contributed by atoms with Gasteiger partial charge < -0.3 is 10.1 Å². The number of fused-ring (bicyclic) bond motifs is 1. The molecule has 0 bridgehead atoms. The van der Waals surface area contributed by atoms with Crippen LogP contribution in [0.25, 0.3) is 10.9 Å². The molecule has 0 aliphatic carbocycles. The molecule has 1 aromatic carbocycles. The predicted octanol–water partition coefficient (Wildman–Crippen LogP) is 3.48. The molecule has 1 saturated heterocycles. The quantitative estimate of drug-likeness (QED) is 0.900. The van der Waals surface area contributed by atoms with Gasteiger partial charge in [-0.3, -0.25) is 4.98 Å². The van der Waals surface area contributed by atoms with Crippen LogP contribution in [0, 0.1) is 0 Å².